The number of ether oxygens (including phenoxy) is 1. The van der Waals surface area contributed by atoms with Crippen LogP contribution in [0.4, 0.5) is 10.5 Å². The van der Waals surface area contributed by atoms with Gasteiger partial charge in [-0.1, -0.05) is 13.8 Å². The van der Waals surface area contributed by atoms with Gasteiger partial charge in [-0.15, -0.1) is 0 Å². The average molecular weight is 219 g/mol. The molecule has 1 amide bonds. The Labute approximate surface area is 94.1 Å². The molecule has 0 aromatic carbocycles. The number of pyridine rings is 1. The number of anilines is 1. The van der Waals surface area contributed by atoms with Crippen LogP contribution in [0.25, 0.3) is 0 Å². The number of hydrogen-bond donors (Lipinski definition) is 1. The third-order valence-corrected chi connectivity index (χ3v) is 2.13. The maximum Gasteiger partial charge on any atom is 0.411 e. The Bertz CT molecular complexity index is 435. The average Bonchev–Trinajstić information content (AvgIpc) is 2.28. The van der Waals surface area contributed by atoms with Gasteiger partial charge in [-0.05, 0) is 11.5 Å². The minimum Gasteiger partial charge on any atom is -0.453 e. The highest BCUT2D eigenvalue weighted by molar-refractivity contribution is 5.87. The van der Waals surface area contributed by atoms with Crippen molar-refractivity contribution in [2.45, 2.75) is 19.8 Å². The van der Waals surface area contributed by atoms with Crippen LogP contribution in [-0.4, -0.2) is 18.2 Å². The molecule has 1 heterocycles. The van der Waals surface area contributed by atoms with Gasteiger partial charge in [-0.3, -0.25) is 10.3 Å². The number of hydrogen-bond acceptors (Lipinski definition) is 4. The van der Waals surface area contributed by atoms with Crippen molar-refractivity contribution < 1.29 is 9.53 Å². The molecule has 5 heteroatoms. The Kier molecular flexibility index (Phi) is 3.84. The topological polar surface area (TPSA) is 75.0 Å². The Hall–Kier alpha value is -2.09. The Morgan fingerprint density at radius 2 is 2.25 bits per heavy atom. The summed E-state index contributed by atoms with van der Waals surface area (Å²) in [6.45, 7) is 3.92. The van der Waals surface area contributed by atoms with Crippen molar-refractivity contribution >= 4 is 11.8 Å². The molecular formula is C11H13N3O2. The summed E-state index contributed by atoms with van der Waals surface area (Å²) in [5.41, 5.74) is 1.61. The number of rotatable bonds is 2. The van der Waals surface area contributed by atoms with Crippen LogP contribution >= 0.6 is 0 Å². The fourth-order valence-corrected chi connectivity index (χ4v) is 1.29. The van der Waals surface area contributed by atoms with Crippen LogP contribution in [0, 0.1) is 11.3 Å². The first kappa shape index (κ1) is 12.0. The Morgan fingerprint density at radius 1 is 1.56 bits per heavy atom. The largest absolute Gasteiger partial charge is 0.453 e. The summed E-state index contributed by atoms with van der Waals surface area (Å²) in [6, 6.07) is 1.99. The van der Waals surface area contributed by atoms with Crippen molar-refractivity contribution in [1.82, 2.24) is 4.98 Å². The lowest BCUT2D eigenvalue weighted by Gasteiger charge is -2.13. The second-order valence-corrected chi connectivity index (χ2v) is 3.53. The number of nitrogens with zero attached hydrogens (tertiary/aromatic N) is 2. The molecule has 0 fully saturated rings. The SMILES string of the molecule is COC(=O)Nc1c(C#N)cncc1C(C)C. The maximum atomic E-state index is 11.2. The lowest BCUT2D eigenvalue weighted by atomic mass is 10.0. The molecular weight excluding hydrogens is 206 g/mol. The highest BCUT2D eigenvalue weighted by Crippen LogP contribution is 2.26. The van der Waals surface area contributed by atoms with Gasteiger partial charge < -0.3 is 4.74 Å². The maximum absolute atomic E-state index is 11.2. The molecule has 0 unspecified atom stereocenters. The van der Waals surface area contributed by atoms with E-state index in [9.17, 15) is 4.79 Å². The predicted molar refractivity (Wildman–Crippen MR) is 59.1 cm³/mol. The molecule has 0 aliphatic rings. The molecule has 1 N–H and O–H groups in total. The highest BCUT2D eigenvalue weighted by atomic mass is 16.5. The fourth-order valence-electron chi connectivity index (χ4n) is 1.29. The zero-order valence-electron chi connectivity index (χ0n) is 9.44. The molecule has 84 valence electrons. The zero-order chi connectivity index (χ0) is 12.1. The van der Waals surface area contributed by atoms with E-state index in [1.165, 1.54) is 13.3 Å². The number of methoxy groups -OCH3 is 1. The van der Waals surface area contributed by atoms with Crippen LogP contribution in [0.2, 0.25) is 0 Å². The molecule has 0 aliphatic carbocycles. The van der Waals surface area contributed by atoms with Crippen LogP contribution in [0.3, 0.4) is 0 Å². The minimum atomic E-state index is -0.593. The second-order valence-electron chi connectivity index (χ2n) is 3.53. The van der Waals surface area contributed by atoms with Crippen molar-refractivity contribution in [3.63, 3.8) is 0 Å². The predicted octanol–water partition coefficient (Wildman–Crippen LogP) is 2.25. The quantitative estimate of drug-likeness (QED) is 0.827. The van der Waals surface area contributed by atoms with Crippen molar-refractivity contribution in [1.29, 1.82) is 5.26 Å². The molecule has 0 spiro atoms. The van der Waals surface area contributed by atoms with Crippen molar-refractivity contribution in [2.75, 3.05) is 12.4 Å². The first-order valence-electron chi connectivity index (χ1n) is 4.83. The zero-order valence-corrected chi connectivity index (χ0v) is 9.44. The minimum absolute atomic E-state index is 0.160. The molecule has 0 radical (unpaired) electrons. The molecule has 0 bridgehead atoms. The van der Waals surface area contributed by atoms with Gasteiger partial charge in [-0.25, -0.2) is 4.79 Å². The molecule has 5 nitrogen and oxygen atoms in total. The van der Waals surface area contributed by atoms with Gasteiger partial charge in [-0.2, -0.15) is 5.26 Å². The first-order chi connectivity index (χ1) is 7.60. The van der Waals surface area contributed by atoms with Crippen LogP contribution in [0.5, 0.6) is 0 Å². The van der Waals surface area contributed by atoms with Gasteiger partial charge >= 0.3 is 6.09 Å². The van der Waals surface area contributed by atoms with Gasteiger partial charge in [0.05, 0.1) is 18.4 Å². The van der Waals surface area contributed by atoms with E-state index in [1.807, 2.05) is 19.9 Å². The van der Waals surface area contributed by atoms with Gasteiger partial charge in [0.15, 0.2) is 0 Å². The third-order valence-electron chi connectivity index (χ3n) is 2.13. The number of carbonyl (C=O) groups excluding carboxylic acids is 1. The third kappa shape index (κ3) is 2.48. The van der Waals surface area contributed by atoms with Gasteiger partial charge in [0.2, 0.25) is 0 Å². The van der Waals surface area contributed by atoms with E-state index in [0.29, 0.717) is 11.3 Å². The molecule has 0 saturated carbocycles. The molecule has 0 atom stereocenters. The highest BCUT2D eigenvalue weighted by Gasteiger charge is 2.14. The van der Waals surface area contributed by atoms with Crippen LogP contribution in [0.15, 0.2) is 12.4 Å². The van der Waals surface area contributed by atoms with Gasteiger partial charge in [0.1, 0.15) is 6.07 Å². The molecule has 1 aromatic rings. The van der Waals surface area contributed by atoms with Crippen LogP contribution in [0.1, 0.15) is 30.9 Å². The number of amides is 1. The van der Waals surface area contributed by atoms with E-state index in [2.05, 4.69) is 15.0 Å². The Morgan fingerprint density at radius 3 is 2.75 bits per heavy atom. The smallest absolute Gasteiger partial charge is 0.411 e. The molecule has 1 aromatic heterocycles. The van der Waals surface area contributed by atoms with Gasteiger partial charge in [0, 0.05) is 12.4 Å². The number of aromatic nitrogens is 1. The van der Waals surface area contributed by atoms with Gasteiger partial charge in [0.25, 0.3) is 0 Å². The summed E-state index contributed by atoms with van der Waals surface area (Å²) >= 11 is 0. The monoisotopic (exact) mass is 219 g/mol. The first-order valence-corrected chi connectivity index (χ1v) is 4.83. The van der Waals surface area contributed by atoms with Crippen LogP contribution < -0.4 is 5.32 Å². The summed E-state index contributed by atoms with van der Waals surface area (Å²) in [4.78, 5) is 15.1. The van der Waals surface area contributed by atoms with E-state index in [4.69, 9.17) is 5.26 Å². The van der Waals surface area contributed by atoms with E-state index in [0.717, 1.165) is 5.56 Å². The molecule has 0 aliphatic heterocycles. The summed E-state index contributed by atoms with van der Waals surface area (Å²) < 4.78 is 4.51. The summed E-state index contributed by atoms with van der Waals surface area (Å²) in [7, 11) is 1.28. The van der Waals surface area contributed by atoms with E-state index >= 15 is 0 Å². The lowest BCUT2D eigenvalue weighted by molar-refractivity contribution is 0.187. The van der Waals surface area contributed by atoms with E-state index < -0.39 is 6.09 Å². The summed E-state index contributed by atoms with van der Waals surface area (Å²) in [5.74, 6) is 0.160. The Balaban J connectivity index is 3.21. The van der Waals surface area contributed by atoms with Crippen molar-refractivity contribution in [3.05, 3.63) is 23.5 Å². The second kappa shape index (κ2) is 5.12. The fraction of sp³-hybridized carbons (Fsp3) is 0.364. The standard InChI is InChI=1S/C11H13N3O2/c1-7(2)9-6-13-5-8(4-12)10(9)14-11(15)16-3/h5-7H,1-3H3,(H,13,14,15). The van der Waals surface area contributed by atoms with Crippen molar-refractivity contribution in [2.24, 2.45) is 0 Å². The number of carbonyl (C=O) groups is 1. The molecule has 16 heavy (non-hydrogen) atoms. The number of nitriles is 1. The van der Waals surface area contributed by atoms with Crippen molar-refractivity contribution in [3.8, 4) is 6.07 Å². The van der Waals surface area contributed by atoms with E-state index in [-0.39, 0.29) is 5.92 Å². The van der Waals surface area contributed by atoms with Crippen LogP contribution in [-0.2, 0) is 4.74 Å². The van der Waals surface area contributed by atoms with E-state index in [1.54, 1.807) is 6.20 Å². The normalized spacial score (nSPS) is 9.69. The number of nitrogens with one attached hydrogen (secondary N) is 1. The lowest BCUT2D eigenvalue weighted by Crippen LogP contribution is -2.14. The molecule has 1 rings (SSSR count). The molecule has 0 saturated heterocycles. The summed E-state index contributed by atoms with van der Waals surface area (Å²) in [6.07, 6.45) is 2.46. The summed E-state index contributed by atoms with van der Waals surface area (Å²) in [5, 5.41) is 11.5.